The van der Waals surface area contributed by atoms with Crippen molar-refractivity contribution in [1.29, 1.82) is 0 Å². The molecule has 4 rings (SSSR count). The summed E-state index contributed by atoms with van der Waals surface area (Å²) in [5.74, 6) is 1.22. The molecule has 2 fully saturated rings. The van der Waals surface area contributed by atoms with Gasteiger partial charge in [0.25, 0.3) is 0 Å². The van der Waals surface area contributed by atoms with Gasteiger partial charge in [-0.05, 0) is 36.6 Å². The lowest BCUT2D eigenvalue weighted by Crippen LogP contribution is -2.46. The first-order chi connectivity index (χ1) is 17.3. The fourth-order valence-corrected chi connectivity index (χ4v) is 5.07. The van der Waals surface area contributed by atoms with E-state index in [1.54, 1.807) is 14.0 Å². The van der Waals surface area contributed by atoms with Crippen LogP contribution in [0.2, 0.25) is 0 Å². The molecule has 0 aliphatic carbocycles. The molecule has 0 bridgehead atoms. The number of likely N-dealkylation sites (tertiary alicyclic amines) is 1. The minimum Gasteiger partial charge on any atom is -0.493 e. The predicted octanol–water partition coefficient (Wildman–Crippen LogP) is 4.03. The van der Waals surface area contributed by atoms with E-state index < -0.39 is 11.5 Å². The molecule has 0 spiro atoms. The number of aliphatic hydroxyl groups excluding tert-OH is 1. The van der Waals surface area contributed by atoms with Gasteiger partial charge in [0.2, 0.25) is 5.91 Å². The van der Waals surface area contributed by atoms with E-state index in [9.17, 15) is 9.90 Å². The third-order valence-corrected chi connectivity index (χ3v) is 8.07. The number of carbonyl (C=O) groups is 1. The Balaban J connectivity index is 1.47. The number of aliphatic hydroxyl groups is 1. The minimum absolute atomic E-state index is 0.00957. The second-order valence-corrected chi connectivity index (χ2v) is 10.5. The Labute approximate surface area is 214 Å². The van der Waals surface area contributed by atoms with Gasteiger partial charge in [-0.1, -0.05) is 50.2 Å². The molecule has 0 radical (unpaired) electrons. The van der Waals surface area contributed by atoms with Gasteiger partial charge < -0.3 is 29.0 Å². The zero-order valence-electron chi connectivity index (χ0n) is 21.9. The van der Waals surface area contributed by atoms with Crippen LogP contribution in [0, 0.1) is 10.8 Å². The summed E-state index contributed by atoms with van der Waals surface area (Å²) in [5.41, 5.74) is 1.59. The second kappa shape index (κ2) is 11.2. The predicted molar refractivity (Wildman–Crippen MR) is 137 cm³/mol. The number of ether oxygens (including phenoxy) is 4. The molecule has 1 N–H and O–H groups in total. The normalized spacial score (nSPS) is 23.7. The van der Waals surface area contributed by atoms with Crippen molar-refractivity contribution >= 4 is 5.91 Å². The zero-order valence-corrected chi connectivity index (χ0v) is 21.9. The minimum atomic E-state index is -0.604. The fraction of sp³-hybridized carbons (Fsp3) is 0.552. The van der Waals surface area contributed by atoms with Crippen LogP contribution in [0.25, 0.3) is 0 Å². The van der Waals surface area contributed by atoms with Crippen molar-refractivity contribution in [3.63, 3.8) is 0 Å². The van der Waals surface area contributed by atoms with Gasteiger partial charge in [0.15, 0.2) is 11.5 Å². The molecular weight excluding hydrogens is 458 g/mol. The first kappa shape index (κ1) is 26.5. The van der Waals surface area contributed by atoms with Crippen molar-refractivity contribution in [2.24, 2.45) is 10.8 Å². The molecule has 0 aromatic heterocycles. The van der Waals surface area contributed by atoms with Crippen LogP contribution in [0.15, 0.2) is 48.5 Å². The highest BCUT2D eigenvalue weighted by molar-refractivity contribution is 5.78. The molecule has 0 saturated carbocycles. The van der Waals surface area contributed by atoms with Crippen molar-refractivity contribution in [2.75, 3.05) is 46.6 Å². The van der Waals surface area contributed by atoms with Gasteiger partial charge in [-0.2, -0.15) is 0 Å². The Kier molecular flexibility index (Phi) is 8.23. The molecule has 3 atom stereocenters. The lowest BCUT2D eigenvalue weighted by molar-refractivity contribution is -0.136. The summed E-state index contributed by atoms with van der Waals surface area (Å²) in [5, 5.41) is 10.8. The van der Waals surface area contributed by atoms with Crippen molar-refractivity contribution in [3.05, 3.63) is 59.7 Å². The average molecular weight is 498 g/mol. The zero-order chi connectivity index (χ0) is 25.8. The summed E-state index contributed by atoms with van der Waals surface area (Å²) in [6, 6.07) is 15.7. The van der Waals surface area contributed by atoms with Crippen LogP contribution >= 0.6 is 0 Å². The van der Waals surface area contributed by atoms with Crippen LogP contribution < -0.4 is 9.47 Å². The maximum absolute atomic E-state index is 13.0. The number of nitrogens with zero attached hydrogens (tertiary/aromatic N) is 1. The number of carbonyl (C=O) groups excluding carboxylic acids is 1. The van der Waals surface area contributed by atoms with Gasteiger partial charge in [-0.3, -0.25) is 4.79 Å². The SMILES string of the molecule is CCC1(COc2cc([C@@H]3CN(C(=O)COCc4ccccc4)C[C@@]3(C)[C@@H](C)O)ccc2OC)COC1. The monoisotopic (exact) mass is 497 g/mol. The van der Waals surface area contributed by atoms with E-state index in [1.807, 2.05) is 60.4 Å². The van der Waals surface area contributed by atoms with Crippen LogP contribution in [0.1, 0.15) is 44.2 Å². The molecule has 0 unspecified atom stereocenters. The van der Waals surface area contributed by atoms with Crippen LogP contribution in [0.5, 0.6) is 11.5 Å². The Morgan fingerprint density at radius 2 is 1.94 bits per heavy atom. The molecule has 2 aromatic carbocycles. The maximum atomic E-state index is 13.0. The molecule has 36 heavy (non-hydrogen) atoms. The van der Waals surface area contributed by atoms with Crippen molar-refractivity contribution in [2.45, 2.75) is 45.8 Å². The molecule has 7 heteroatoms. The molecule has 2 aliphatic rings. The lowest BCUT2D eigenvalue weighted by atomic mass is 9.72. The standard InChI is InChI=1S/C29H39NO6/c1-5-29(18-35-19-29)20-36-26-13-23(11-12-25(26)33-4)24-14-30(17-28(24,3)21(2)31)27(32)16-34-15-22-9-7-6-8-10-22/h6-13,21,24,31H,5,14-20H2,1-4H3/t21-,24+,28+/m1/s1. The van der Waals surface area contributed by atoms with Gasteiger partial charge in [-0.25, -0.2) is 0 Å². The molecule has 2 saturated heterocycles. The third kappa shape index (κ3) is 5.53. The molecule has 1 amide bonds. The topological polar surface area (TPSA) is 77.5 Å². The van der Waals surface area contributed by atoms with Crippen molar-refractivity contribution in [1.82, 2.24) is 4.90 Å². The maximum Gasteiger partial charge on any atom is 0.248 e. The van der Waals surface area contributed by atoms with E-state index in [-0.39, 0.29) is 23.8 Å². The van der Waals surface area contributed by atoms with E-state index >= 15 is 0 Å². The van der Waals surface area contributed by atoms with E-state index in [0.29, 0.717) is 51.0 Å². The number of rotatable bonds is 11. The average Bonchev–Trinajstić information content (AvgIpc) is 3.23. The van der Waals surface area contributed by atoms with Gasteiger partial charge in [0, 0.05) is 24.4 Å². The number of amides is 1. The summed E-state index contributed by atoms with van der Waals surface area (Å²) in [4.78, 5) is 14.8. The Bertz CT molecular complexity index is 1020. The molecule has 7 nitrogen and oxygen atoms in total. The Morgan fingerprint density at radius 1 is 1.19 bits per heavy atom. The summed E-state index contributed by atoms with van der Waals surface area (Å²) in [6.45, 7) is 9.34. The largest absolute Gasteiger partial charge is 0.493 e. The Morgan fingerprint density at radius 3 is 2.56 bits per heavy atom. The number of benzene rings is 2. The van der Waals surface area contributed by atoms with E-state index in [2.05, 4.69) is 6.92 Å². The van der Waals surface area contributed by atoms with E-state index in [1.165, 1.54) is 0 Å². The van der Waals surface area contributed by atoms with Crippen LogP contribution in [0.3, 0.4) is 0 Å². The highest BCUT2D eigenvalue weighted by Gasteiger charge is 2.48. The van der Waals surface area contributed by atoms with E-state index in [0.717, 1.165) is 17.5 Å². The lowest BCUT2D eigenvalue weighted by Gasteiger charge is -2.40. The molecule has 196 valence electrons. The van der Waals surface area contributed by atoms with Gasteiger partial charge >= 0.3 is 0 Å². The van der Waals surface area contributed by atoms with Crippen LogP contribution in [-0.4, -0.2) is 68.6 Å². The summed E-state index contributed by atoms with van der Waals surface area (Å²) < 4.78 is 23.0. The van der Waals surface area contributed by atoms with Crippen LogP contribution in [-0.2, 0) is 20.9 Å². The summed E-state index contributed by atoms with van der Waals surface area (Å²) in [7, 11) is 1.63. The quantitative estimate of drug-likeness (QED) is 0.505. The van der Waals surface area contributed by atoms with E-state index in [4.69, 9.17) is 18.9 Å². The first-order valence-corrected chi connectivity index (χ1v) is 12.8. The molecule has 2 heterocycles. The Hall–Kier alpha value is -2.61. The summed E-state index contributed by atoms with van der Waals surface area (Å²) >= 11 is 0. The van der Waals surface area contributed by atoms with Crippen molar-refractivity contribution in [3.8, 4) is 11.5 Å². The van der Waals surface area contributed by atoms with Crippen LogP contribution in [0.4, 0.5) is 0 Å². The summed E-state index contributed by atoms with van der Waals surface area (Å²) in [6.07, 6.45) is 0.383. The third-order valence-electron chi connectivity index (χ3n) is 8.07. The molecule has 2 aromatic rings. The van der Waals surface area contributed by atoms with Gasteiger partial charge in [0.1, 0.15) is 6.61 Å². The first-order valence-electron chi connectivity index (χ1n) is 12.8. The number of hydrogen-bond acceptors (Lipinski definition) is 6. The number of hydrogen-bond donors (Lipinski definition) is 1. The van der Waals surface area contributed by atoms with Gasteiger partial charge in [0.05, 0.1) is 45.1 Å². The fourth-order valence-electron chi connectivity index (χ4n) is 5.07. The smallest absolute Gasteiger partial charge is 0.248 e. The van der Waals surface area contributed by atoms with Gasteiger partial charge in [-0.15, -0.1) is 0 Å². The highest BCUT2D eigenvalue weighted by atomic mass is 16.5. The molecular formula is C29H39NO6. The second-order valence-electron chi connectivity index (χ2n) is 10.5. The highest BCUT2D eigenvalue weighted by Crippen LogP contribution is 2.47. The van der Waals surface area contributed by atoms with Crippen molar-refractivity contribution < 1.29 is 28.8 Å². The molecule has 2 aliphatic heterocycles. The number of methoxy groups -OCH3 is 1.